The molecule has 1 heterocycles. The molecule has 0 saturated heterocycles. The van der Waals surface area contributed by atoms with Crippen molar-refractivity contribution in [3.63, 3.8) is 0 Å². The van der Waals surface area contributed by atoms with Crippen molar-refractivity contribution in [1.82, 2.24) is 4.98 Å². The van der Waals surface area contributed by atoms with Gasteiger partial charge in [0, 0.05) is 11.8 Å². The molecule has 0 saturated carbocycles. The average Bonchev–Trinajstić information content (AvgIpc) is 2.40. The van der Waals surface area contributed by atoms with Gasteiger partial charge in [-0.3, -0.25) is 4.98 Å². The maximum Gasteiger partial charge on any atom is 0.0734 e. The third-order valence-electron chi connectivity index (χ3n) is 2.94. The lowest BCUT2D eigenvalue weighted by Crippen LogP contribution is -2.04. The number of benzene rings is 1. The first-order valence-corrected chi connectivity index (χ1v) is 6.08. The quantitative estimate of drug-likeness (QED) is 0.870. The standard InChI is InChI=1S/C15H18N2/c1-2-12-5-7-14(8-6-12)15-13(9-10-16)4-3-11-17-15/h3-8,11H,2,9-10,16H2,1H3. The molecular formula is C15H18N2. The summed E-state index contributed by atoms with van der Waals surface area (Å²) in [6.07, 6.45) is 3.78. The molecule has 1 aromatic carbocycles. The highest BCUT2D eigenvalue weighted by Crippen LogP contribution is 2.21. The van der Waals surface area contributed by atoms with Crippen molar-refractivity contribution in [2.24, 2.45) is 5.73 Å². The van der Waals surface area contributed by atoms with Gasteiger partial charge in [0.1, 0.15) is 0 Å². The molecule has 0 aliphatic carbocycles. The molecular weight excluding hydrogens is 208 g/mol. The third kappa shape index (κ3) is 2.71. The first-order chi connectivity index (χ1) is 8.35. The van der Waals surface area contributed by atoms with Gasteiger partial charge in [-0.15, -0.1) is 0 Å². The number of rotatable bonds is 4. The normalized spacial score (nSPS) is 10.5. The molecule has 2 heteroatoms. The summed E-state index contributed by atoms with van der Waals surface area (Å²) in [5.74, 6) is 0. The second-order valence-corrected chi connectivity index (χ2v) is 4.10. The van der Waals surface area contributed by atoms with Crippen molar-refractivity contribution in [2.75, 3.05) is 6.54 Å². The topological polar surface area (TPSA) is 38.9 Å². The maximum atomic E-state index is 5.63. The van der Waals surface area contributed by atoms with E-state index in [0.717, 1.165) is 18.5 Å². The number of hydrogen-bond donors (Lipinski definition) is 1. The van der Waals surface area contributed by atoms with Crippen molar-refractivity contribution in [2.45, 2.75) is 19.8 Å². The molecule has 0 spiro atoms. The minimum atomic E-state index is 0.658. The molecule has 0 unspecified atom stereocenters. The molecule has 1 aromatic heterocycles. The van der Waals surface area contributed by atoms with Crippen LogP contribution in [0.5, 0.6) is 0 Å². The predicted molar refractivity (Wildman–Crippen MR) is 71.8 cm³/mol. The highest BCUT2D eigenvalue weighted by Gasteiger charge is 2.05. The second kappa shape index (κ2) is 5.60. The fraction of sp³-hybridized carbons (Fsp3) is 0.267. The second-order valence-electron chi connectivity index (χ2n) is 4.10. The zero-order valence-electron chi connectivity index (χ0n) is 10.2. The van der Waals surface area contributed by atoms with E-state index in [1.807, 2.05) is 12.3 Å². The van der Waals surface area contributed by atoms with Crippen LogP contribution in [0.1, 0.15) is 18.1 Å². The number of aryl methyl sites for hydroxylation is 1. The molecule has 0 atom stereocenters. The van der Waals surface area contributed by atoms with Crippen molar-refractivity contribution in [3.05, 3.63) is 53.7 Å². The summed E-state index contributed by atoms with van der Waals surface area (Å²) < 4.78 is 0. The van der Waals surface area contributed by atoms with E-state index in [1.165, 1.54) is 16.7 Å². The third-order valence-corrected chi connectivity index (χ3v) is 2.94. The summed E-state index contributed by atoms with van der Waals surface area (Å²) in [5, 5.41) is 0. The van der Waals surface area contributed by atoms with Gasteiger partial charge in [0.05, 0.1) is 5.69 Å². The first-order valence-electron chi connectivity index (χ1n) is 6.08. The van der Waals surface area contributed by atoms with Crippen LogP contribution >= 0.6 is 0 Å². The molecule has 2 aromatic rings. The Morgan fingerprint density at radius 2 is 1.88 bits per heavy atom. The van der Waals surface area contributed by atoms with Gasteiger partial charge in [-0.05, 0) is 36.6 Å². The largest absolute Gasteiger partial charge is 0.330 e. The summed E-state index contributed by atoms with van der Waals surface area (Å²) in [6.45, 7) is 2.82. The molecule has 0 aliphatic rings. The van der Waals surface area contributed by atoms with Crippen LogP contribution in [0.3, 0.4) is 0 Å². The van der Waals surface area contributed by atoms with E-state index in [4.69, 9.17) is 5.73 Å². The summed E-state index contributed by atoms with van der Waals surface area (Å²) in [7, 11) is 0. The number of pyridine rings is 1. The summed E-state index contributed by atoms with van der Waals surface area (Å²) in [4.78, 5) is 4.47. The molecule has 0 amide bonds. The molecule has 0 bridgehead atoms. The van der Waals surface area contributed by atoms with E-state index in [2.05, 4.69) is 42.2 Å². The lowest BCUT2D eigenvalue weighted by molar-refractivity contribution is 0.961. The van der Waals surface area contributed by atoms with Gasteiger partial charge in [-0.2, -0.15) is 0 Å². The van der Waals surface area contributed by atoms with E-state index in [0.29, 0.717) is 6.54 Å². The minimum absolute atomic E-state index is 0.658. The Morgan fingerprint density at radius 3 is 2.53 bits per heavy atom. The maximum absolute atomic E-state index is 5.63. The Balaban J connectivity index is 2.37. The highest BCUT2D eigenvalue weighted by molar-refractivity contribution is 5.63. The fourth-order valence-corrected chi connectivity index (χ4v) is 1.95. The van der Waals surface area contributed by atoms with Gasteiger partial charge in [0.15, 0.2) is 0 Å². The predicted octanol–water partition coefficient (Wildman–Crippen LogP) is 2.81. The van der Waals surface area contributed by atoms with Crippen molar-refractivity contribution in [3.8, 4) is 11.3 Å². The molecule has 2 nitrogen and oxygen atoms in total. The van der Waals surface area contributed by atoms with Crippen molar-refractivity contribution < 1.29 is 0 Å². The molecule has 0 aliphatic heterocycles. The summed E-state index contributed by atoms with van der Waals surface area (Å²) >= 11 is 0. The number of hydrogen-bond acceptors (Lipinski definition) is 2. The highest BCUT2D eigenvalue weighted by atomic mass is 14.7. The van der Waals surface area contributed by atoms with Gasteiger partial charge in [-0.25, -0.2) is 0 Å². The zero-order valence-corrected chi connectivity index (χ0v) is 10.2. The lowest BCUT2D eigenvalue weighted by atomic mass is 10.0. The number of aromatic nitrogens is 1. The summed E-state index contributed by atoms with van der Waals surface area (Å²) in [5.41, 5.74) is 10.4. The van der Waals surface area contributed by atoms with Crippen molar-refractivity contribution >= 4 is 0 Å². The van der Waals surface area contributed by atoms with Gasteiger partial charge >= 0.3 is 0 Å². The van der Waals surface area contributed by atoms with Crippen LogP contribution in [0.2, 0.25) is 0 Å². The Hall–Kier alpha value is -1.67. The van der Waals surface area contributed by atoms with Gasteiger partial charge < -0.3 is 5.73 Å². The molecule has 88 valence electrons. The molecule has 0 fully saturated rings. The Kier molecular flexibility index (Phi) is 3.89. The van der Waals surface area contributed by atoms with Crippen LogP contribution in [0, 0.1) is 0 Å². The molecule has 2 rings (SSSR count). The smallest absolute Gasteiger partial charge is 0.0734 e. The fourth-order valence-electron chi connectivity index (χ4n) is 1.95. The van der Waals surface area contributed by atoms with Crippen LogP contribution in [0.4, 0.5) is 0 Å². The van der Waals surface area contributed by atoms with E-state index in [1.54, 1.807) is 0 Å². The molecule has 2 N–H and O–H groups in total. The van der Waals surface area contributed by atoms with E-state index in [-0.39, 0.29) is 0 Å². The van der Waals surface area contributed by atoms with Crippen molar-refractivity contribution in [1.29, 1.82) is 0 Å². The Bertz CT molecular complexity index is 475. The van der Waals surface area contributed by atoms with Crippen LogP contribution in [-0.4, -0.2) is 11.5 Å². The van der Waals surface area contributed by atoms with Gasteiger partial charge in [-0.1, -0.05) is 37.3 Å². The lowest BCUT2D eigenvalue weighted by Gasteiger charge is -2.08. The Morgan fingerprint density at radius 1 is 1.12 bits per heavy atom. The van der Waals surface area contributed by atoms with Crippen LogP contribution in [0.25, 0.3) is 11.3 Å². The average molecular weight is 226 g/mol. The minimum Gasteiger partial charge on any atom is -0.330 e. The van der Waals surface area contributed by atoms with Crippen LogP contribution in [0.15, 0.2) is 42.6 Å². The monoisotopic (exact) mass is 226 g/mol. The van der Waals surface area contributed by atoms with Crippen LogP contribution < -0.4 is 5.73 Å². The summed E-state index contributed by atoms with van der Waals surface area (Å²) in [6, 6.07) is 12.7. The van der Waals surface area contributed by atoms with Crippen LogP contribution in [-0.2, 0) is 12.8 Å². The van der Waals surface area contributed by atoms with E-state index < -0.39 is 0 Å². The van der Waals surface area contributed by atoms with Gasteiger partial charge in [0.25, 0.3) is 0 Å². The number of nitrogens with two attached hydrogens (primary N) is 1. The van der Waals surface area contributed by atoms with Gasteiger partial charge in [0.2, 0.25) is 0 Å². The molecule has 0 radical (unpaired) electrons. The Labute approximate surface area is 103 Å². The first kappa shape index (κ1) is 11.8. The van der Waals surface area contributed by atoms with E-state index in [9.17, 15) is 0 Å². The number of nitrogens with zero attached hydrogens (tertiary/aromatic N) is 1. The molecule has 17 heavy (non-hydrogen) atoms. The van der Waals surface area contributed by atoms with E-state index >= 15 is 0 Å². The SMILES string of the molecule is CCc1ccc(-c2ncccc2CCN)cc1. The zero-order chi connectivity index (χ0) is 12.1.